The lowest BCUT2D eigenvalue weighted by molar-refractivity contribution is -0.125. The third kappa shape index (κ3) is 1.29. The maximum atomic E-state index is 11.3. The molecule has 1 amide bonds. The number of nitrogens with zero attached hydrogens (tertiary/aromatic N) is 1. The van der Waals surface area contributed by atoms with E-state index in [1.54, 1.807) is 6.07 Å². The fourth-order valence-corrected chi connectivity index (χ4v) is 1.68. The topological polar surface area (TPSA) is 66.6 Å². The Balaban J connectivity index is 2.50. The molecule has 0 aromatic heterocycles. The van der Waals surface area contributed by atoms with Gasteiger partial charge in [0.05, 0.1) is 11.7 Å². The summed E-state index contributed by atoms with van der Waals surface area (Å²) in [5.41, 5.74) is 8.14. The maximum absolute atomic E-state index is 11.3. The molecule has 1 aromatic rings. The van der Waals surface area contributed by atoms with Gasteiger partial charge in [0.25, 0.3) is 5.91 Å². The standard InChI is InChI=1S/C10H12N2O2/c1-6-2-3-9-7(4-6)5-8(11)10(13)12(9)14/h2-4,8,14H,5,11H2,1H3. The highest BCUT2D eigenvalue weighted by atomic mass is 16.5. The van der Waals surface area contributed by atoms with E-state index in [1.807, 2.05) is 19.1 Å². The number of nitrogens with two attached hydrogens (primary N) is 1. The summed E-state index contributed by atoms with van der Waals surface area (Å²) in [6, 6.07) is 4.89. The van der Waals surface area contributed by atoms with Crippen LogP contribution in [-0.2, 0) is 11.2 Å². The van der Waals surface area contributed by atoms with Crippen LogP contribution < -0.4 is 10.8 Å². The van der Waals surface area contributed by atoms with E-state index in [2.05, 4.69) is 0 Å². The third-order valence-electron chi connectivity index (χ3n) is 2.43. The van der Waals surface area contributed by atoms with E-state index in [1.165, 1.54) is 0 Å². The molecule has 4 nitrogen and oxygen atoms in total. The Kier molecular flexibility index (Phi) is 2.02. The van der Waals surface area contributed by atoms with E-state index in [9.17, 15) is 10.0 Å². The number of hydroxylamine groups is 1. The smallest absolute Gasteiger partial charge is 0.267 e. The van der Waals surface area contributed by atoms with Gasteiger partial charge in [0.15, 0.2) is 0 Å². The summed E-state index contributed by atoms with van der Waals surface area (Å²) in [6.45, 7) is 1.96. The zero-order valence-corrected chi connectivity index (χ0v) is 7.90. The summed E-state index contributed by atoms with van der Waals surface area (Å²) in [5, 5.41) is 10.1. The van der Waals surface area contributed by atoms with Crippen molar-refractivity contribution in [3.63, 3.8) is 0 Å². The van der Waals surface area contributed by atoms with Crippen LogP contribution in [0.4, 0.5) is 5.69 Å². The number of hydrogen-bond donors (Lipinski definition) is 2. The zero-order valence-electron chi connectivity index (χ0n) is 7.90. The molecule has 74 valence electrons. The lowest BCUT2D eigenvalue weighted by atomic mass is 9.97. The van der Waals surface area contributed by atoms with Gasteiger partial charge in [-0.2, -0.15) is 5.06 Å². The number of hydrogen-bond acceptors (Lipinski definition) is 3. The number of fused-ring (bicyclic) bond motifs is 1. The Bertz CT molecular complexity index is 390. The van der Waals surface area contributed by atoms with Gasteiger partial charge in [0, 0.05) is 0 Å². The summed E-state index contributed by atoms with van der Waals surface area (Å²) < 4.78 is 0. The summed E-state index contributed by atoms with van der Waals surface area (Å²) in [7, 11) is 0. The lowest BCUT2D eigenvalue weighted by Crippen LogP contribution is -2.47. The monoisotopic (exact) mass is 192 g/mol. The number of rotatable bonds is 0. The molecule has 0 saturated heterocycles. The number of aryl methyl sites for hydroxylation is 1. The second-order valence-electron chi connectivity index (χ2n) is 3.59. The minimum Gasteiger partial charge on any atom is -0.320 e. The molecule has 1 atom stereocenters. The second kappa shape index (κ2) is 3.08. The highest BCUT2D eigenvalue weighted by Gasteiger charge is 2.29. The zero-order chi connectivity index (χ0) is 10.3. The molecule has 0 fully saturated rings. The van der Waals surface area contributed by atoms with Gasteiger partial charge in [-0.15, -0.1) is 0 Å². The normalized spacial score (nSPS) is 20.9. The van der Waals surface area contributed by atoms with Crippen LogP contribution in [-0.4, -0.2) is 17.2 Å². The molecule has 14 heavy (non-hydrogen) atoms. The molecule has 0 bridgehead atoms. The first-order valence-electron chi connectivity index (χ1n) is 4.47. The number of carbonyl (C=O) groups excluding carboxylic acids is 1. The van der Waals surface area contributed by atoms with Crippen LogP contribution >= 0.6 is 0 Å². The second-order valence-corrected chi connectivity index (χ2v) is 3.59. The van der Waals surface area contributed by atoms with E-state index in [0.29, 0.717) is 17.2 Å². The van der Waals surface area contributed by atoms with Crippen molar-refractivity contribution in [2.45, 2.75) is 19.4 Å². The number of carbonyl (C=O) groups is 1. The van der Waals surface area contributed by atoms with Crippen LogP contribution in [0, 0.1) is 6.92 Å². The van der Waals surface area contributed by atoms with Gasteiger partial charge in [-0.1, -0.05) is 17.7 Å². The first-order chi connectivity index (χ1) is 6.59. The van der Waals surface area contributed by atoms with Crippen LogP contribution in [0.25, 0.3) is 0 Å². The van der Waals surface area contributed by atoms with Crippen molar-refractivity contribution in [1.82, 2.24) is 0 Å². The Morgan fingerprint density at radius 2 is 2.29 bits per heavy atom. The molecule has 1 unspecified atom stereocenters. The lowest BCUT2D eigenvalue weighted by Gasteiger charge is -2.27. The van der Waals surface area contributed by atoms with Crippen LogP contribution in [0.5, 0.6) is 0 Å². The minimum atomic E-state index is -0.630. The van der Waals surface area contributed by atoms with Gasteiger partial charge >= 0.3 is 0 Å². The SMILES string of the molecule is Cc1ccc2c(c1)CC(N)C(=O)N2O. The number of amides is 1. The highest BCUT2D eigenvalue weighted by Crippen LogP contribution is 2.26. The van der Waals surface area contributed by atoms with Crippen molar-refractivity contribution in [3.05, 3.63) is 29.3 Å². The largest absolute Gasteiger partial charge is 0.320 e. The van der Waals surface area contributed by atoms with Crippen molar-refractivity contribution in [2.24, 2.45) is 5.73 Å². The molecule has 1 aromatic carbocycles. The van der Waals surface area contributed by atoms with Gasteiger partial charge in [-0.05, 0) is 25.0 Å². The molecular weight excluding hydrogens is 180 g/mol. The van der Waals surface area contributed by atoms with E-state index >= 15 is 0 Å². The van der Waals surface area contributed by atoms with E-state index in [0.717, 1.165) is 11.1 Å². The molecule has 0 radical (unpaired) electrons. The van der Waals surface area contributed by atoms with Crippen molar-refractivity contribution in [2.75, 3.05) is 5.06 Å². The fourth-order valence-electron chi connectivity index (χ4n) is 1.68. The first-order valence-corrected chi connectivity index (χ1v) is 4.47. The van der Waals surface area contributed by atoms with Gasteiger partial charge < -0.3 is 5.73 Å². The van der Waals surface area contributed by atoms with Crippen molar-refractivity contribution >= 4 is 11.6 Å². The summed E-state index contributed by atoms with van der Waals surface area (Å²) in [4.78, 5) is 11.3. The van der Waals surface area contributed by atoms with E-state index in [-0.39, 0.29) is 0 Å². The van der Waals surface area contributed by atoms with Gasteiger partial charge in [-0.25, -0.2) is 0 Å². The predicted molar refractivity (Wildman–Crippen MR) is 52.1 cm³/mol. The minimum absolute atomic E-state index is 0.443. The summed E-state index contributed by atoms with van der Waals surface area (Å²) >= 11 is 0. The molecule has 1 aliphatic heterocycles. The van der Waals surface area contributed by atoms with Gasteiger partial charge in [0.1, 0.15) is 0 Å². The Hall–Kier alpha value is -1.39. The van der Waals surface area contributed by atoms with Crippen molar-refractivity contribution in [3.8, 4) is 0 Å². The molecule has 1 heterocycles. The third-order valence-corrected chi connectivity index (χ3v) is 2.43. The average molecular weight is 192 g/mol. The molecule has 1 aliphatic rings. The Labute approximate surface area is 81.9 Å². The molecule has 3 N–H and O–H groups in total. The van der Waals surface area contributed by atoms with E-state index < -0.39 is 11.9 Å². The van der Waals surface area contributed by atoms with Crippen LogP contribution in [0.3, 0.4) is 0 Å². The Morgan fingerprint density at radius 3 is 3.00 bits per heavy atom. The van der Waals surface area contributed by atoms with Gasteiger partial charge in [-0.3, -0.25) is 10.0 Å². The Morgan fingerprint density at radius 1 is 1.57 bits per heavy atom. The molecule has 0 spiro atoms. The molecule has 2 rings (SSSR count). The predicted octanol–water partition coefficient (Wildman–Crippen LogP) is 0.601. The van der Waals surface area contributed by atoms with Crippen LogP contribution in [0.1, 0.15) is 11.1 Å². The van der Waals surface area contributed by atoms with Crippen molar-refractivity contribution < 1.29 is 10.0 Å². The number of anilines is 1. The number of benzene rings is 1. The summed E-state index contributed by atoms with van der Waals surface area (Å²) in [6.07, 6.45) is 0.493. The molecule has 4 heteroatoms. The fraction of sp³-hybridized carbons (Fsp3) is 0.300. The molecule has 0 aliphatic carbocycles. The average Bonchev–Trinajstić information content (AvgIpc) is 2.14. The first kappa shape index (κ1) is 9.18. The quantitative estimate of drug-likeness (QED) is 0.591. The van der Waals surface area contributed by atoms with Crippen LogP contribution in [0.2, 0.25) is 0 Å². The molecular formula is C10H12N2O2. The highest BCUT2D eigenvalue weighted by molar-refractivity contribution is 5.98. The van der Waals surface area contributed by atoms with Crippen LogP contribution in [0.15, 0.2) is 18.2 Å². The van der Waals surface area contributed by atoms with Crippen molar-refractivity contribution in [1.29, 1.82) is 0 Å². The van der Waals surface area contributed by atoms with Gasteiger partial charge in [0.2, 0.25) is 0 Å². The summed E-state index contributed by atoms with van der Waals surface area (Å²) in [5.74, 6) is -0.443. The molecule has 0 saturated carbocycles. The maximum Gasteiger partial charge on any atom is 0.267 e. The van der Waals surface area contributed by atoms with E-state index in [4.69, 9.17) is 5.73 Å².